The molecule has 0 atom stereocenters. The highest BCUT2D eigenvalue weighted by Gasteiger charge is 2.47. The van der Waals surface area contributed by atoms with Crippen LogP contribution in [0.25, 0.3) is 0 Å². The fraction of sp³-hybridized carbons (Fsp3) is 0.333. The van der Waals surface area contributed by atoms with Crippen LogP contribution in [0, 0.1) is 31.3 Å². The first-order valence-corrected chi connectivity index (χ1v) is 13.8. The van der Waals surface area contributed by atoms with E-state index in [9.17, 15) is 8.78 Å². The third-order valence-electron chi connectivity index (χ3n) is 5.92. The summed E-state index contributed by atoms with van der Waals surface area (Å²) in [7, 11) is 2.10. The van der Waals surface area contributed by atoms with Gasteiger partial charge in [0.2, 0.25) is 5.75 Å². The summed E-state index contributed by atoms with van der Waals surface area (Å²) in [5.41, 5.74) is 3.98. The first-order valence-electron chi connectivity index (χ1n) is 11.4. The maximum Gasteiger partial charge on any atom is 0.586 e. The number of rotatable bonds is 7. The summed E-state index contributed by atoms with van der Waals surface area (Å²) in [6.07, 6.45) is -3.75. The van der Waals surface area contributed by atoms with E-state index in [-0.39, 0.29) is 17.2 Å². The highest BCUT2D eigenvalue weighted by molar-refractivity contribution is 14.1. The van der Waals surface area contributed by atoms with Gasteiger partial charge in [-0.2, -0.15) is 0 Å². The minimum atomic E-state index is -3.75. The molecule has 0 radical (unpaired) electrons. The summed E-state index contributed by atoms with van der Waals surface area (Å²) in [4.78, 5) is 0. The van der Waals surface area contributed by atoms with Crippen molar-refractivity contribution in [1.29, 1.82) is 0 Å². The Labute approximate surface area is 224 Å². The Morgan fingerprint density at radius 3 is 1.67 bits per heavy atom. The van der Waals surface area contributed by atoms with Crippen molar-refractivity contribution in [3.05, 3.63) is 56.2 Å². The zero-order valence-electron chi connectivity index (χ0n) is 21.2. The Kier molecular flexibility index (Phi) is 7.58. The van der Waals surface area contributed by atoms with Gasteiger partial charge in [-0.15, -0.1) is 8.78 Å². The third-order valence-corrected chi connectivity index (χ3v) is 9.80. The van der Waals surface area contributed by atoms with Crippen molar-refractivity contribution in [3.8, 4) is 28.7 Å². The van der Waals surface area contributed by atoms with Crippen LogP contribution in [0.15, 0.2) is 30.3 Å². The van der Waals surface area contributed by atoms with Crippen LogP contribution in [0.3, 0.4) is 0 Å². The molecule has 0 saturated heterocycles. The number of aryl methyl sites for hydroxylation is 4. The van der Waals surface area contributed by atoms with Gasteiger partial charge in [0.1, 0.15) is 11.5 Å². The standard InChI is InChI=1S/C27H28F2IO5P/c1-8-33-20-13-21(22(30)26-25(20)34-27(28,29)35-26)36(18-9-14(2)23(31-6)15(3)10-18)19-11-16(4)24(32-7)17(5)12-19/h9-13H,8H2,1-7H3. The lowest BCUT2D eigenvalue weighted by molar-refractivity contribution is -0.287. The molecule has 0 aromatic heterocycles. The zero-order chi connectivity index (χ0) is 26.4. The van der Waals surface area contributed by atoms with Crippen LogP contribution in [0.2, 0.25) is 0 Å². The Balaban J connectivity index is 2.03. The number of methoxy groups -OCH3 is 2. The Hall–Kier alpha value is -2.32. The van der Waals surface area contributed by atoms with Gasteiger partial charge in [0.25, 0.3) is 0 Å². The second-order valence-corrected chi connectivity index (χ2v) is 11.8. The van der Waals surface area contributed by atoms with Gasteiger partial charge in [0.15, 0.2) is 11.5 Å². The zero-order valence-corrected chi connectivity index (χ0v) is 24.3. The average Bonchev–Trinajstić information content (AvgIpc) is 3.13. The number of halogens is 3. The van der Waals surface area contributed by atoms with Crippen molar-refractivity contribution in [2.24, 2.45) is 0 Å². The smallest absolute Gasteiger partial charge is 0.496 e. The van der Waals surface area contributed by atoms with Gasteiger partial charge in [-0.1, -0.05) is 0 Å². The lowest BCUT2D eigenvalue weighted by atomic mass is 10.1. The summed E-state index contributed by atoms with van der Waals surface area (Å²) in [5.74, 6) is 1.81. The third kappa shape index (κ3) is 4.82. The van der Waals surface area contributed by atoms with Crippen LogP contribution in [0.4, 0.5) is 8.78 Å². The highest BCUT2D eigenvalue weighted by atomic mass is 127. The van der Waals surface area contributed by atoms with E-state index in [0.717, 1.165) is 49.7 Å². The second kappa shape index (κ2) is 10.2. The molecule has 1 aliphatic heterocycles. The van der Waals surface area contributed by atoms with E-state index in [0.29, 0.717) is 10.2 Å². The van der Waals surface area contributed by atoms with E-state index in [2.05, 4.69) is 46.9 Å². The largest absolute Gasteiger partial charge is 0.586 e. The Bertz CT molecular complexity index is 1220. The van der Waals surface area contributed by atoms with E-state index in [1.165, 1.54) is 0 Å². The van der Waals surface area contributed by atoms with E-state index < -0.39 is 14.2 Å². The van der Waals surface area contributed by atoms with Crippen molar-refractivity contribution in [3.63, 3.8) is 0 Å². The predicted molar refractivity (Wildman–Crippen MR) is 147 cm³/mol. The van der Waals surface area contributed by atoms with Crippen molar-refractivity contribution in [2.75, 3.05) is 20.8 Å². The van der Waals surface area contributed by atoms with Gasteiger partial charge in [-0.05, 0) is 128 Å². The molecule has 0 unspecified atom stereocenters. The number of alkyl halides is 2. The molecule has 0 fully saturated rings. The fourth-order valence-electron chi connectivity index (χ4n) is 4.64. The van der Waals surface area contributed by atoms with Gasteiger partial charge in [0, 0.05) is 5.30 Å². The van der Waals surface area contributed by atoms with Crippen molar-refractivity contribution in [2.45, 2.75) is 40.9 Å². The summed E-state index contributed by atoms with van der Waals surface area (Å²) in [6, 6.07) is 10.2. The van der Waals surface area contributed by atoms with Gasteiger partial charge in [0.05, 0.1) is 24.4 Å². The average molecular weight is 628 g/mol. The predicted octanol–water partition coefficient (Wildman–Crippen LogP) is 6.02. The van der Waals surface area contributed by atoms with Crippen LogP contribution in [-0.2, 0) is 0 Å². The number of ether oxygens (including phenoxy) is 5. The molecular formula is C27H28F2IO5P. The molecule has 0 N–H and O–H groups in total. The van der Waals surface area contributed by atoms with E-state index in [1.807, 2.05) is 33.8 Å². The number of benzene rings is 3. The molecule has 0 aliphatic carbocycles. The molecule has 36 heavy (non-hydrogen) atoms. The van der Waals surface area contributed by atoms with E-state index >= 15 is 0 Å². The summed E-state index contributed by atoms with van der Waals surface area (Å²) in [6.45, 7) is 10.1. The van der Waals surface area contributed by atoms with Gasteiger partial charge >= 0.3 is 6.29 Å². The van der Waals surface area contributed by atoms with Gasteiger partial charge in [-0.3, -0.25) is 0 Å². The van der Waals surface area contributed by atoms with Crippen LogP contribution in [0.5, 0.6) is 28.7 Å². The molecule has 3 aromatic carbocycles. The lowest BCUT2D eigenvalue weighted by Crippen LogP contribution is -2.26. The normalized spacial score (nSPS) is 13.8. The molecule has 1 heterocycles. The van der Waals surface area contributed by atoms with Gasteiger partial charge in [-0.25, -0.2) is 0 Å². The Morgan fingerprint density at radius 2 is 1.25 bits per heavy atom. The quantitative estimate of drug-likeness (QED) is 0.237. The fourth-order valence-corrected chi connectivity index (χ4v) is 8.56. The summed E-state index contributed by atoms with van der Waals surface area (Å²) < 4.78 is 55.7. The summed E-state index contributed by atoms with van der Waals surface area (Å²) in [5, 5.41) is 2.94. The lowest BCUT2D eigenvalue weighted by Gasteiger charge is -2.25. The Morgan fingerprint density at radius 1 is 0.806 bits per heavy atom. The molecular weight excluding hydrogens is 600 g/mol. The molecule has 192 valence electrons. The van der Waals surface area contributed by atoms with Crippen molar-refractivity contribution >= 4 is 46.4 Å². The molecule has 0 amide bonds. The topological polar surface area (TPSA) is 46.2 Å². The first-order chi connectivity index (χ1) is 17.0. The molecule has 5 nitrogen and oxygen atoms in total. The number of fused-ring (bicyclic) bond motifs is 1. The van der Waals surface area contributed by atoms with Crippen LogP contribution >= 0.6 is 30.5 Å². The SMILES string of the molecule is CCOc1cc(P(c2cc(C)c(OC)c(C)c2)c2cc(C)c(OC)c(C)c2)c(I)c2c1OC(F)(F)O2. The molecule has 9 heteroatoms. The number of hydrogen-bond donors (Lipinski definition) is 0. The first kappa shape index (κ1) is 26.7. The summed E-state index contributed by atoms with van der Waals surface area (Å²) >= 11 is 2.07. The maximum absolute atomic E-state index is 14.2. The highest BCUT2D eigenvalue weighted by Crippen LogP contribution is 2.52. The van der Waals surface area contributed by atoms with E-state index in [1.54, 1.807) is 21.1 Å². The molecule has 1 aliphatic rings. The molecule has 0 bridgehead atoms. The van der Waals surface area contributed by atoms with E-state index in [4.69, 9.17) is 23.7 Å². The van der Waals surface area contributed by atoms with Gasteiger partial charge < -0.3 is 23.7 Å². The van der Waals surface area contributed by atoms with Crippen molar-refractivity contribution < 1.29 is 32.5 Å². The minimum Gasteiger partial charge on any atom is -0.496 e. The van der Waals surface area contributed by atoms with Crippen LogP contribution in [0.1, 0.15) is 29.2 Å². The monoisotopic (exact) mass is 628 g/mol. The van der Waals surface area contributed by atoms with Crippen LogP contribution in [-0.4, -0.2) is 27.1 Å². The minimum absolute atomic E-state index is 0.00189. The second-order valence-electron chi connectivity index (χ2n) is 8.53. The molecule has 0 spiro atoms. The number of hydrogen-bond acceptors (Lipinski definition) is 5. The van der Waals surface area contributed by atoms with Crippen LogP contribution < -0.4 is 39.6 Å². The maximum atomic E-state index is 14.2. The molecule has 3 aromatic rings. The van der Waals surface area contributed by atoms with Crippen molar-refractivity contribution in [1.82, 2.24) is 0 Å². The molecule has 0 saturated carbocycles. The molecule has 4 rings (SSSR count).